The van der Waals surface area contributed by atoms with Crippen LogP contribution in [0.2, 0.25) is 0 Å². The lowest BCUT2D eigenvalue weighted by molar-refractivity contribution is -0.387. The van der Waals surface area contributed by atoms with E-state index in [0.29, 0.717) is 12.2 Å². The number of anilines is 1. The Hall–Kier alpha value is -1.93. The maximum absolute atomic E-state index is 11.8. The van der Waals surface area contributed by atoms with E-state index in [-0.39, 0.29) is 4.90 Å². The van der Waals surface area contributed by atoms with E-state index in [4.69, 9.17) is 0 Å². The molecule has 0 amide bonds. The van der Waals surface area contributed by atoms with Gasteiger partial charge in [-0.25, -0.2) is 8.42 Å². The number of sulfone groups is 1. The highest BCUT2D eigenvalue weighted by Gasteiger charge is 2.23. The second kappa shape index (κ2) is 7.31. The van der Waals surface area contributed by atoms with E-state index in [1.165, 1.54) is 12.1 Å². The highest BCUT2D eigenvalue weighted by atomic mass is 79.9. The van der Waals surface area contributed by atoms with Gasteiger partial charge in [0.2, 0.25) is 0 Å². The molecule has 0 aliphatic rings. The molecule has 0 aliphatic heterocycles. The average Bonchev–Trinajstić information content (AvgIpc) is 2.52. The molecule has 0 atom stereocenters. The van der Waals surface area contributed by atoms with E-state index in [1.54, 1.807) is 6.07 Å². The first kappa shape index (κ1) is 18.4. The van der Waals surface area contributed by atoms with Crippen LogP contribution in [0.25, 0.3) is 0 Å². The van der Waals surface area contributed by atoms with Gasteiger partial charge in [0.1, 0.15) is 4.90 Å². The Morgan fingerprint density at radius 1 is 1.17 bits per heavy atom. The summed E-state index contributed by atoms with van der Waals surface area (Å²) in [6.45, 7) is 0.655. The smallest absolute Gasteiger partial charge is 0.288 e. The molecule has 2 rings (SSSR count). The fourth-order valence-electron chi connectivity index (χ4n) is 2.27. The van der Waals surface area contributed by atoms with Gasteiger partial charge in [0.25, 0.3) is 5.69 Å². The van der Waals surface area contributed by atoms with Gasteiger partial charge in [0.15, 0.2) is 9.84 Å². The first-order valence-electron chi connectivity index (χ1n) is 7.12. The van der Waals surface area contributed by atoms with Crippen molar-refractivity contribution < 1.29 is 13.3 Å². The van der Waals surface area contributed by atoms with Crippen LogP contribution in [-0.4, -0.2) is 33.2 Å². The minimum absolute atomic E-state index is 0.263. The molecule has 0 unspecified atom stereocenters. The van der Waals surface area contributed by atoms with Crippen LogP contribution in [-0.2, 0) is 16.3 Å². The summed E-state index contributed by atoms with van der Waals surface area (Å²) in [4.78, 5) is 11.9. The van der Waals surface area contributed by atoms with Crippen LogP contribution in [0, 0.1) is 10.1 Å². The van der Waals surface area contributed by atoms with Gasteiger partial charge in [0, 0.05) is 36.1 Å². The Balaban J connectivity index is 2.21. The fraction of sp³-hybridized carbons (Fsp3) is 0.250. The predicted molar refractivity (Wildman–Crippen MR) is 97.3 cm³/mol. The van der Waals surface area contributed by atoms with Gasteiger partial charge in [-0.15, -0.1) is 0 Å². The molecule has 0 spiro atoms. The Morgan fingerprint density at radius 2 is 1.79 bits per heavy atom. The molecule has 2 aromatic carbocycles. The van der Waals surface area contributed by atoms with Crippen LogP contribution < -0.4 is 4.90 Å². The summed E-state index contributed by atoms with van der Waals surface area (Å²) >= 11 is 3.38. The predicted octanol–water partition coefficient (Wildman–Crippen LogP) is 3.44. The van der Waals surface area contributed by atoms with Crippen LogP contribution in [0.4, 0.5) is 11.4 Å². The second-order valence-corrected chi connectivity index (χ2v) is 8.38. The SMILES string of the molecule is CN(CCc1ccc(Br)cc1)c1ccc([N+](=O)[O-])c(S(C)(=O)=O)c1. The molecule has 6 nitrogen and oxygen atoms in total. The number of halogens is 1. The Morgan fingerprint density at radius 3 is 2.33 bits per heavy atom. The van der Waals surface area contributed by atoms with Crippen LogP contribution in [0.5, 0.6) is 0 Å². The van der Waals surface area contributed by atoms with Crippen molar-refractivity contribution in [3.63, 3.8) is 0 Å². The molecule has 0 saturated heterocycles. The zero-order valence-electron chi connectivity index (χ0n) is 13.3. The fourth-order valence-corrected chi connectivity index (χ4v) is 3.39. The summed E-state index contributed by atoms with van der Waals surface area (Å²) in [5, 5.41) is 11.0. The lowest BCUT2D eigenvalue weighted by Crippen LogP contribution is -2.20. The highest BCUT2D eigenvalue weighted by molar-refractivity contribution is 9.10. The molecule has 0 radical (unpaired) electrons. The molecule has 128 valence electrons. The number of hydrogen-bond donors (Lipinski definition) is 0. The van der Waals surface area contributed by atoms with Gasteiger partial charge < -0.3 is 4.90 Å². The van der Waals surface area contributed by atoms with Gasteiger partial charge in [-0.3, -0.25) is 10.1 Å². The first-order chi connectivity index (χ1) is 11.2. The van der Waals surface area contributed by atoms with Gasteiger partial charge in [0.05, 0.1) is 4.92 Å². The number of hydrogen-bond acceptors (Lipinski definition) is 5. The summed E-state index contributed by atoms with van der Waals surface area (Å²) in [6.07, 6.45) is 1.75. The molecular formula is C16H17BrN2O4S. The van der Waals surface area contributed by atoms with Gasteiger partial charge in [-0.2, -0.15) is 0 Å². The molecule has 0 bridgehead atoms. The van der Waals surface area contributed by atoms with E-state index in [9.17, 15) is 18.5 Å². The summed E-state index contributed by atoms with van der Waals surface area (Å²) in [5.74, 6) is 0. The molecule has 0 aromatic heterocycles. The van der Waals surface area contributed by atoms with Crippen molar-refractivity contribution in [1.82, 2.24) is 0 Å². The lowest BCUT2D eigenvalue weighted by Gasteiger charge is -2.20. The second-order valence-electron chi connectivity index (χ2n) is 5.48. The Kier molecular flexibility index (Phi) is 5.61. The van der Waals surface area contributed by atoms with E-state index in [2.05, 4.69) is 15.9 Å². The quantitative estimate of drug-likeness (QED) is 0.536. The van der Waals surface area contributed by atoms with Crippen LogP contribution >= 0.6 is 15.9 Å². The zero-order chi connectivity index (χ0) is 17.9. The lowest BCUT2D eigenvalue weighted by atomic mass is 10.1. The largest absolute Gasteiger partial charge is 0.374 e. The minimum atomic E-state index is -3.68. The number of nitro benzene ring substituents is 1. The highest BCUT2D eigenvalue weighted by Crippen LogP contribution is 2.28. The third-order valence-corrected chi connectivity index (χ3v) is 5.28. The molecule has 2 aromatic rings. The van der Waals surface area contributed by atoms with Crippen molar-refractivity contribution in [3.8, 4) is 0 Å². The molecule has 0 fully saturated rings. The van der Waals surface area contributed by atoms with Gasteiger partial charge in [-0.05, 0) is 36.2 Å². The summed E-state index contributed by atoms with van der Waals surface area (Å²) in [7, 11) is -1.85. The van der Waals surface area contributed by atoms with E-state index in [0.717, 1.165) is 22.7 Å². The maximum Gasteiger partial charge on any atom is 0.288 e. The van der Waals surface area contributed by atoms with Crippen molar-refractivity contribution in [2.24, 2.45) is 0 Å². The van der Waals surface area contributed by atoms with E-state index >= 15 is 0 Å². The van der Waals surface area contributed by atoms with E-state index in [1.807, 2.05) is 36.2 Å². The van der Waals surface area contributed by atoms with Crippen molar-refractivity contribution in [1.29, 1.82) is 0 Å². The number of nitrogens with zero attached hydrogens (tertiary/aromatic N) is 2. The number of benzene rings is 2. The molecule has 0 N–H and O–H groups in total. The molecule has 0 aliphatic carbocycles. The Bertz CT molecular complexity index is 851. The summed E-state index contributed by atoms with van der Waals surface area (Å²) in [5.41, 5.74) is 1.37. The average molecular weight is 413 g/mol. The first-order valence-corrected chi connectivity index (χ1v) is 9.81. The van der Waals surface area contributed by atoms with Crippen molar-refractivity contribution >= 4 is 37.1 Å². The molecule has 0 saturated carbocycles. The third kappa shape index (κ3) is 4.55. The summed E-state index contributed by atoms with van der Waals surface area (Å²) < 4.78 is 24.6. The number of rotatable bonds is 6. The number of nitro groups is 1. The van der Waals surface area contributed by atoms with Crippen molar-refractivity contribution in [2.75, 3.05) is 24.7 Å². The van der Waals surface area contributed by atoms with Gasteiger partial charge >= 0.3 is 0 Å². The molecular weight excluding hydrogens is 396 g/mol. The number of likely N-dealkylation sites (N-methyl/N-ethyl adjacent to an activating group) is 1. The van der Waals surface area contributed by atoms with Crippen molar-refractivity contribution in [3.05, 3.63) is 62.6 Å². The molecule has 8 heteroatoms. The van der Waals surface area contributed by atoms with E-state index < -0.39 is 20.4 Å². The normalized spacial score (nSPS) is 11.3. The van der Waals surface area contributed by atoms with Crippen LogP contribution in [0.15, 0.2) is 51.8 Å². The molecule has 24 heavy (non-hydrogen) atoms. The van der Waals surface area contributed by atoms with Crippen LogP contribution in [0.1, 0.15) is 5.56 Å². The van der Waals surface area contributed by atoms with Gasteiger partial charge in [-0.1, -0.05) is 28.1 Å². The topological polar surface area (TPSA) is 80.5 Å². The zero-order valence-corrected chi connectivity index (χ0v) is 15.7. The van der Waals surface area contributed by atoms with Crippen LogP contribution in [0.3, 0.4) is 0 Å². The Labute approximate surface area is 149 Å². The summed E-state index contributed by atoms with van der Waals surface area (Å²) in [6, 6.07) is 12.1. The third-order valence-electron chi connectivity index (χ3n) is 3.63. The standard InChI is InChI=1S/C16H17BrN2O4S/c1-18(10-9-12-3-5-13(17)6-4-12)14-7-8-15(19(20)21)16(11-14)24(2,22)23/h3-8,11H,9-10H2,1-2H3. The maximum atomic E-state index is 11.8. The molecule has 0 heterocycles. The minimum Gasteiger partial charge on any atom is -0.374 e. The monoisotopic (exact) mass is 412 g/mol. The van der Waals surface area contributed by atoms with Crippen molar-refractivity contribution in [2.45, 2.75) is 11.3 Å².